The Bertz CT molecular complexity index is 429. The number of rotatable bonds is 2. The lowest BCUT2D eigenvalue weighted by Gasteiger charge is -2.13. The lowest BCUT2D eigenvalue weighted by atomic mass is 10.1. The molecule has 1 rings (SSSR count). The number of halogens is 5. The number of benzene rings is 1. The molecular weight excluding hydrogens is 268 g/mol. The van der Waals surface area contributed by atoms with Crippen molar-refractivity contribution in [2.24, 2.45) is 0 Å². The van der Waals surface area contributed by atoms with E-state index in [4.69, 9.17) is 27.9 Å². The Labute approximate surface area is 98.9 Å². The summed E-state index contributed by atoms with van der Waals surface area (Å²) in [5.41, 5.74) is -1.61. The average Bonchev–Trinajstić information content (AvgIpc) is 2.14. The van der Waals surface area contributed by atoms with Crippen molar-refractivity contribution >= 4 is 28.4 Å². The van der Waals surface area contributed by atoms with Crippen LogP contribution in [0, 0.1) is 0 Å². The first-order valence-electron chi connectivity index (χ1n) is 3.92. The van der Waals surface area contributed by atoms with Gasteiger partial charge in [-0.1, -0.05) is 11.6 Å². The van der Waals surface area contributed by atoms with Crippen LogP contribution < -0.4 is 4.74 Å². The molecule has 0 saturated heterocycles. The molecular formula is C9H5Cl2F3O2. The van der Waals surface area contributed by atoms with Gasteiger partial charge >= 0.3 is 6.18 Å². The highest BCUT2D eigenvalue weighted by Gasteiger charge is 2.35. The molecule has 1 aromatic rings. The van der Waals surface area contributed by atoms with Gasteiger partial charge in [0, 0.05) is 0 Å². The third-order valence-electron chi connectivity index (χ3n) is 1.83. The van der Waals surface area contributed by atoms with Crippen molar-refractivity contribution in [2.45, 2.75) is 6.18 Å². The molecule has 0 aromatic heterocycles. The van der Waals surface area contributed by atoms with Crippen molar-refractivity contribution in [3.8, 4) is 5.75 Å². The van der Waals surface area contributed by atoms with Crippen molar-refractivity contribution < 1.29 is 22.7 Å². The van der Waals surface area contributed by atoms with Crippen LogP contribution in [0.3, 0.4) is 0 Å². The zero-order valence-corrected chi connectivity index (χ0v) is 9.37. The van der Waals surface area contributed by atoms with Gasteiger partial charge in [0.25, 0.3) is 5.24 Å². The largest absolute Gasteiger partial charge is 0.496 e. The minimum Gasteiger partial charge on any atom is -0.496 e. The minimum atomic E-state index is -4.65. The second kappa shape index (κ2) is 4.51. The second-order valence-corrected chi connectivity index (χ2v) is 3.50. The Morgan fingerprint density at radius 2 is 1.94 bits per heavy atom. The van der Waals surface area contributed by atoms with Crippen LogP contribution in [0.15, 0.2) is 12.1 Å². The van der Waals surface area contributed by atoms with Crippen LogP contribution in [0.2, 0.25) is 5.02 Å². The Morgan fingerprint density at radius 1 is 1.38 bits per heavy atom. The quantitative estimate of drug-likeness (QED) is 0.767. The molecule has 0 unspecified atom stereocenters. The zero-order chi connectivity index (χ0) is 12.5. The maximum Gasteiger partial charge on any atom is 0.417 e. The summed E-state index contributed by atoms with van der Waals surface area (Å²) >= 11 is 10.6. The number of hydrogen-bond acceptors (Lipinski definition) is 2. The predicted octanol–water partition coefficient (Wildman–Crippen LogP) is 3.75. The summed E-state index contributed by atoms with van der Waals surface area (Å²) in [4.78, 5) is 11.0. The summed E-state index contributed by atoms with van der Waals surface area (Å²) in [6, 6.07) is 1.72. The summed E-state index contributed by atoms with van der Waals surface area (Å²) < 4.78 is 42.0. The molecule has 0 amide bonds. The van der Waals surface area contributed by atoms with Gasteiger partial charge in [-0.2, -0.15) is 13.2 Å². The van der Waals surface area contributed by atoms with E-state index in [1.807, 2.05) is 0 Å². The molecule has 0 atom stereocenters. The van der Waals surface area contributed by atoms with Crippen molar-refractivity contribution in [3.05, 3.63) is 28.3 Å². The fourth-order valence-corrected chi connectivity index (χ4v) is 1.72. The first-order valence-corrected chi connectivity index (χ1v) is 4.68. The van der Waals surface area contributed by atoms with E-state index in [9.17, 15) is 18.0 Å². The molecule has 0 N–H and O–H groups in total. The smallest absolute Gasteiger partial charge is 0.417 e. The zero-order valence-electron chi connectivity index (χ0n) is 7.86. The van der Waals surface area contributed by atoms with Crippen molar-refractivity contribution in [3.63, 3.8) is 0 Å². The number of alkyl halides is 3. The first-order chi connectivity index (χ1) is 7.29. The molecule has 0 aliphatic rings. The SMILES string of the molecule is COc1ccc(C(F)(F)F)c(Cl)c1C(=O)Cl. The van der Waals surface area contributed by atoms with Gasteiger partial charge in [0.1, 0.15) is 5.75 Å². The van der Waals surface area contributed by atoms with E-state index in [1.165, 1.54) is 7.11 Å². The topological polar surface area (TPSA) is 26.3 Å². The first kappa shape index (κ1) is 13.1. The molecule has 0 saturated carbocycles. The number of hydrogen-bond donors (Lipinski definition) is 0. The predicted molar refractivity (Wildman–Crippen MR) is 53.2 cm³/mol. The van der Waals surface area contributed by atoms with E-state index < -0.39 is 27.6 Å². The van der Waals surface area contributed by atoms with Crippen molar-refractivity contribution in [1.29, 1.82) is 0 Å². The number of methoxy groups -OCH3 is 1. The van der Waals surface area contributed by atoms with Crippen molar-refractivity contribution in [1.82, 2.24) is 0 Å². The summed E-state index contributed by atoms with van der Waals surface area (Å²) in [6.07, 6.45) is -4.65. The molecule has 0 heterocycles. The molecule has 0 aliphatic heterocycles. The summed E-state index contributed by atoms with van der Waals surface area (Å²) in [7, 11) is 1.20. The van der Waals surface area contributed by atoms with E-state index in [1.54, 1.807) is 0 Å². The molecule has 0 bridgehead atoms. The lowest BCUT2D eigenvalue weighted by Crippen LogP contribution is -2.09. The van der Waals surface area contributed by atoms with Crippen LogP contribution in [0.1, 0.15) is 15.9 Å². The average molecular weight is 273 g/mol. The third kappa shape index (κ3) is 2.41. The summed E-state index contributed by atoms with van der Waals surface area (Å²) in [6.45, 7) is 0. The van der Waals surface area contributed by atoms with Crippen molar-refractivity contribution in [2.75, 3.05) is 7.11 Å². The number of ether oxygens (including phenoxy) is 1. The molecule has 2 nitrogen and oxygen atoms in total. The highest BCUT2D eigenvalue weighted by atomic mass is 35.5. The minimum absolute atomic E-state index is 0.0991. The Hall–Kier alpha value is -0.940. The van der Waals surface area contributed by atoms with Gasteiger partial charge in [-0.15, -0.1) is 0 Å². The molecule has 1 aromatic carbocycles. The Balaban J connectivity index is 3.50. The van der Waals surface area contributed by atoms with E-state index in [2.05, 4.69) is 0 Å². The molecule has 0 spiro atoms. The number of carbonyl (C=O) groups is 1. The highest BCUT2D eigenvalue weighted by Crippen LogP contribution is 2.40. The maximum atomic E-state index is 12.4. The monoisotopic (exact) mass is 272 g/mol. The van der Waals surface area contributed by atoms with Gasteiger partial charge in [0.2, 0.25) is 0 Å². The highest BCUT2D eigenvalue weighted by molar-refractivity contribution is 6.69. The van der Waals surface area contributed by atoms with Crippen LogP contribution >= 0.6 is 23.2 Å². The van der Waals surface area contributed by atoms with Crippen LogP contribution in [0.25, 0.3) is 0 Å². The Morgan fingerprint density at radius 3 is 2.31 bits per heavy atom. The fraction of sp³-hybridized carbons (Fsp3) is 0.222. The summed E-state index contributed by atoms with van der Waals surface area (Å²) in [5, 5.41) is -1.86. The Kier molecular flexibility index (Phi) is 3.70. The van der Waals surface area contributed by atoms with E-state index in [0.717, 1.165) is 12.1 Å². The standard InChI is InChI=1S/C9H5Cl2F3O2/c1-16-5-3-2-4(9(12,13)14)7(10)6(5)8(11)15/h2-3H,1H3. The maximum absolute atomic E-state index is 12.4. The molecule has 0 radical (unpaired) electrons. The van der Waals surface area contributed by atoms with E-state index >= 15 is 0 Å². The van der Waals surface area contributed by atoms with Crippen LogP contribution in [0.5, 0.6) is 5.75 Å². The molecule has 16 heavy (non-hydrogen) atoms. The van der Waals surface area contributed by atoms with E-state index in [0.29, 0.717) is 0 Å². The molecule has 0 fully saturated rings. The normalized spacial score (nSPS) is 11.4. The van der Waals surface area contributed by atoms with Crippen LogP contribution in [-0.4, -0.2) is 12.4 Å². The van der Waals surface area contributed by atoms with Gasteiger partial charge in [0.05, 0.1) is 23.3 Å². The summed E-state index contributed by atoms with van der Waals surface area (Å²) in [5.74, 6) is -0.0991. The molecule has 7 heteroatoms. The van der Waals surface area contributed by atoms with Gasteiger partial charge < -0.3 is 4.74 Å². The molecule has 0 aliphatic carbocycles. The van der Waals surface area contributed by atoms with Gasteiger partial charge in [-0.25, -0.2) is 0 Å². The third-order valence-corrected chi connectivity index (χ3v) is 2.41. The van der Waals surface area contributed by atoms with Crippen LogP contribution in [-0.2, 0) is 6.18 Å². The molecule has 88 valence electrons. The second-order valence-electron chi connectivity index (χ2n) is 2.78. The van der Waals surface area contributed by atoms with Gasteiger partial charge in [0.15, 0.2) is 0 Å². The van der Waals surface area contributed by atoms with Gasteiger partial charge in [-0.05, 0) is 23.7 Å². The fourth-order valence-electron chi connectivity index (χ4n) is 1.13. The van der Waals surface area contributed by atoms with E-state index in [-0.39, 0.29) is 5.75 Å². The lowest BCUT2D eigenvalue weighted by molar-refractivity contribution is -0.137. The van der Waals surface area contributed by atoms with Gasteiger partial charge in [-0.3, -0.25) is 4.79 Å². The van der Waals surface area contributed by atoms with Crippen LogP contribution in [0.4, 0.5) is 13.2 Å². The number of carbonyl (C=O) groups excluding carboxylic acids is 1.